The van der Waals surface area contributed by atoms with Crippen LogP contribution >= 0.6 is 0 Å². The second kappa shape index (κ2) is 18.0. The van der Waals surface area contributed by atoms with Gasteiger partial charge in [-0.1, -0.05) is 249 Å². The Morgan fingerprint density at radius 1 is 0.232 bits per heavy atom. The molecule has 0 N–H and O–H groups in total. The zero-order chi connectivity index (χ0) is 53.9. The summed E-state index contributed by atoms with van der Waals surface area (Å²) in [4.78, 5) is 2.48. The number of anilines is 3. The molecule has 17 rings (SSSR count). The number of aromatic nitrogens is 1. The van der Waals surface area contributed by atoms with Gasteiger partial charge in [0.2, 0.25) is 0 Å². The van der Waals surface area contributed by atoms with Crippen LogP contribution in [0.3, 0.4) is 0 Å². The third-order valence-electron chi connectivity index (χ3n) is 18.3. The summed E-state index contributed by atoms with van der Waals surface area (Å²) < 4.78 is 2.38. The topological polar surface area (TPSA) is 8.17 Å². The molecule has 0 fully saturated rings. The number of rotatable bonds is 8. The van der Waals surface area contributed by atoms with Gasteiger partial charge in [-0.15, -0.1) is 0 Å². The van der Waals surface area contributed by atoms with E-state index in [1.807, 2.05) is 0 Å². The summed E-state index contributed by atoms with van der Waals surface area (Å²) >= 11 is 0. The molecule has 2 heteroatoms. The fourth-order valence-corrected chi connectivity index (χ4v) is 14.9. The van der Waals surface area contributed by atoms with Gasteiger partial charge in [0.15, 0.2) is 0 Å². The van der Waals surface area contributed by atoms with Crippen molar-refractivity contribution in [1.29, 1.82) is 0 Å². The van der Waals surface area contributed by atoms with Crippen molar-refractivity contribution >= 4 is 38.9 Å². The Morgan fingerprint density at radius 2 is 0.598 bits per heavy atom. The molecule has 1 heterocycles. The Kier molecular flexibility index (Phi) is 10.2. The summed E-state index contributed by atoms with van der Waals surface area (Å²) in [6.45, 7) is 0. The second-order valence-corrected chi connectivity index (χ2v) is 22.3. The van der Waals surface area contributed by atoms with E-state index in [0.29, 0.717) is 0 Å². The van der Waals surface area contributed by atoms with Gasteiger partial charge in [-0.3, -0.25) is 0 Å². The van der Waals surface area contributed by atoms with E-state index in [1.54, 1.807) is 0 Å². The van der Waals surface area contributed by atoms with Crippen molar-refractivity contribution < 1.29 is 0 Å². The van der Waals surface area contributed by atoms with Crippen LogP contribution in [0.2, 0.25) is 0 Å². The van der Waals surface area contributed by atoms with Crippen molar-refractivity contribution in [1.82, 2.24) is 4.57 Å². The van der Waals surface area contributed by atoms with Crippen molar-refractivity contribution in [3.8, 4) is 61.3 Å². The normalized spacial score (nSPS) is 13.6. The number of nitrogens with zero attached hydrogens (tertiary/aromatic N) is 2. The summed E-state index contributed by atoms with van der Waals surface area (Å²) in [7, 11) is 0. The standard InChI is InChI=1S/C80H52N2/c1-4-20-57(21-5-1)79(58-22-6-2-7-23-58)71-31-15-12-28-65(71)68-51-61(45-47-75(68)79)81(62-46-48-76-69(52-62)66-29-13-18-34-74(66)80(76)72-32-16-10-26-63(72)64-27-11-17-33-73(64)80)60-43-40-54(41-44-60)53-36-38-55(39-37-53)56-42-49-78-70(50-56)67-30-14-19-35-77(67)82(78)59-24-8-3-9-25-59/h1-52H. The van der Waals surface area contributed by atoms with Crippen LogP contribution in [0.5, 0.6) is 0 Å². The molecule has 382 valence electrons. The van der Waals surface area contributed by atoms with E-state index in [-0.39, 0.29) is 0 Å². The maximum Gasteiger partial charge on any atom is 0.0725 e. The molecular weight excluding hydrogens is 989 g/mol. The van der Waals surface area contributed by atoms with Gasteiger partial charge in [0.1, 0.15) is 0 Å². The molecule has 14 aromatic rings. The van der Waals surface area contributed by atoms with Gasteiger partial charge >= 0.3 is 0 Å². The zero-order valence-electron chi connectivity index (χ0n) is 44.9. The first kappa shape index (κ1) is 46.4. The van der Waals surface area contributed by atoms with Crippen LogP contribution in [0.1, 0.15) is 44.5 Å². The van der Waals surface area contributed by atoms with E-state index >= 15 is 0 Å². The maximum atomic E-state index is 2.48. The SMILES string of the molecule is c1ccc(-n2c3ccccc3c3cc(-c4ccc(-c5ccc(N(c6ccc7c(c6)-c6ccccc6C7(c6ccccc6)c6ccccc6)c6ccc7c(c6)-c6ccccc6C76c7ccccc7-c7ccccc76)cc5)cc4)ccc32)cc1. The lowest BCUT2D eigenvalue weighted by Crippen LogP contribution is -2.28. The van der Waals surface area contributed by atoms with Crippen LogP contribution in [0.15, 0.2) is 315 Å². The molecule has 2 nitrogen and oxygen atoms in total. The smallest absolute Gasteiger partial charge is 0.0725 e. The predicted octanol–water partition coefficient (Wildman–Crippen LogP) is 20.3. The molecule has 1 aromatic heterocycles. The second-order valence-electron chi connectivity index (χ2n) is 22.3. The fraction of sp³-hybridized carbons (Fsp3) is 0.0250. The van der Waals surface area contributed by atoms with E-state index in [1.165, 1.54) is 128 Å². The van der Waals surface area contributed by atoms with Gasteiger partial charge in [-0.2, -0.15) is 0 Å². The highest BCUT2D eigenvalue weighted by Gasteiger charge is 2.52. The quantitative estimate of drug-likeness (QED) is 0.147. The van der Waals surface area contributed by atoms with Crippen LogP contribution in [0.25, 0.3) is 83.1 Å². The average molecular weight is 1040 g/mol. The minimum atomic E-state index is -0.496. The van der Waals surface area contributed by atoms with E-state index in [2.05, 4.69) is 325 Å². The Bertz CT molecular complexity index is 4660. The highest BCUT2D eigenvalue weighted by molar-refractivity contribution is 6.10. The molecule has 0 saturated carbocycles. The van der Waals surface area contributed by atoms with E-state index in [4.69, 9.17) is 0 Å². The van der Waals surface area contributed by atoms with Gasteiger partial charge in [0.05, 0.1) is 21.9 Å². The maximum absolute atomic E-state index is 2.48. The summed E-state index contributed by atoms with van der Waals surface area (Å²) in [5.74, 6) is 0. The van der Waals surface area contributed by atoms with Crippen LogP contribution in [0.4, 0.5) is 17.1 Å². The van der Waals surface area contributed by atoms with E-state index in [0.717, 1.165) is 17.1 Å². The van der Waals surface area contributed by atoms with Gasteiger partial charge < -0.3 is 9.47 Å². The molecule has 3 aliphatic carbocycles. The van der Waals surface area contributed by atoms with Crippen LogP contribution in [0, 0.1) is 0 Å². The molecule has 82 heavy (non-hydrogen) atoms. The first-order valence-electron chi connectivity index (χ1n) is 28.6. The first-order valence-corrected chi connectivity index (χ1v) is 28.6. The molecule has 0 radical (unpaired) electrons. The Morgan fingerprint density at radius 3 is 1.13 bits per heavy atom. The van der Waals surface area contributed by atoms with Crippen molar-refractivity contribution in [3.05, 3.63) is 360 Å². The minimum Gasteiger partial charge on any atom is -0.310 e. The number of hydrogen-bond acceptors (Lipinski definition) is 1. The molecule has 0 amide bonds. The Hall–Kier alpha value is -10.5. The van der Waals surface area contributed by atoms with Crippen LogP contribution in [-0.2, 0) is 10.8 Å². The van der Waals surface area contributed by atoms with Crippen molar-refractivity contribution in [2.75, 3.05) is 4.90 Å². The van der Waals surface area contributed by atoms with Gasteiger partial charge in [-0.05, 0) is 167 Å². The number of para-hydroxylation sites is 2. The largest absolute Gasteiger partial charge is 0.310 e. The molecule has 13 aromatic carbocycles. The minimum absolute atomic E-state index is 0.426. The lowest BCUT2D eigenvalue weighted by Gasteiger charge is -2.34. The monoisotopic (exact) mass is 1040 g/mol. The lowest BCUT2D eigenvalue weighted by molar-refractivity contribution is 0.768. The van der Waals surface area contributed by atoms with Crippen LogP contribution < -0.4 is 4.90 Å². The number of fused-ring (bicyclic) bond motifs is 16. The summed E-state index contributed by atoms with van der Waals surface area (Å²) in [6.07, 6.45) is 0. The first-order chi connectivity index (χ1) is 40.7. The molecule has 0 saturated heterocycles. The summed E-state index contributed by atoms with van der Waals surface area (Å²) in [6, 6.07) is 118. The molecule has 3 aliphatic rings. The molecule has 0 atom stereocenters. The highest BCUT2D eigenvalue weighted by atomic mass is 15.1. The zero-order valence-corrected chi connectivity index (χ0v) is 44.9. The third kappa shape index (κ3) is 6.52. The predicted molar refractivity (Wildman–Crippen MR) is 340 cm³/mol. The van der Waals surface area contributed by atoms with E-state index in [9.17, 15) is 0 Å². The number of hydrogen-bond donors (Lipinski definition) is 0. The average Bonchev–Trinajstić information content (AvgIpc) is 3.56. The summed E-state index contributed by atoms with van der Waals surface area (Å²) in [5, 5.41) is 2.51. The molecule has 0 unspecified atom stereocenters. The van der Waals surface area contributed by atoms with Crippen molar-refractivity contribution in [2.45, 2.75) is 10.8 Å². The summed E-state index contributed by atoms with van der Waals surface area (Å²) in [5.41, 5.74) is 28.8. The van der Waals surface area contributed by atoms with Crippen LogP contribution in [-0.4, -0.2) is 4.57 Å². The van der Waals surface area contributed by atoms with Gasteiger partial charge in [0.25, 0.3) is 0 Å². The highest BCUT2D eigenvalue weighted by Crippen LogP contribution is 2.64. The lowest BCUT2D eigenvalue weighted by atomic mass is 9.68. The van der Waals surface area contributed by atoms with Crippen molar-refractivity contribution in [3.63, 3.8) is 0 Å². The van der Waals surface area contributed by atoms with Gasteiger partial charge in [-0.25, -0.2) is 0 Å². The number of benzene rings is 13. The Balaban J connectivity index is 0.805. The Labute approximate surface area is 477 Å². The molecule has 0 aliphatic heterocycles. The van der Waals surface area contributed by atoms with E-state index < -0.39 is 10.8 Å². The molecule has 0 bridgehead atoms. The van der Waals surface area contributed by atoms with Gasteiger partial charge in [0, 0.05) is 33.5 Å². The fourth-order valence-electron chi connectivity index (χ4n) is 14.9. The third-order valence-corrected chi connectivity index (χ3v) is 18.3. The van der Waals surface area contributed by atoms with Crippen molar-refractivity contribution in [2.24, 2.45) is 0 Å². The molecular formula is C80H52N2. The molecule has 1 spiro atoms.